The zero-order valence-electron chi connectivity index (χ0n) is 24.1. The van der Waals surface area contributed by atoms with Crippen LogP contribution in [0.2, 0.25) is 0 Å². The predicted octanol–water partition coefficient (Wildman–Crippen LogP) is 4.28. The highest BCUT2D eigenvalue weighted by Gasteiger charge is 2.38. The predicted molar refractivity (Wildman–Crippen MR) is 145 cm³/mol. The number of rotatable bonds is 8. The van der Waals surface area contributed by atoms with Gasteiger partial charge in [-0.1, -0.05) is 25.0 Å². The van der Waals surface area contributed by atoms with Crippen LogP contribution in [0.5, 0.6) is 11.5 Å². The number of methoxy groups -OCH3 is 1. The summed E-state index contributed by atoms with van der Waals surface area (Å²) in [4.78, 5) is 42.1. The minimum Gasteiger partial charge on any atom is -0.493 e. The summed E-state index contributed by atoms with van der Waals surface area (Å²) in [7, 11) is 1.33. The molecule has 1 saturated heterocycles. The molecule has 0 bridgehead atoms. The third kappa shape index (κ3) is 8.44. The quantitative estimate of drug-likeness (QED) is 0.438. The second kappa shape index (κ2) is 14.2. The van der Waals surface area contributed by atoms with Gasteiger partial charge in [0.15, 0.2) is 17.5 Å². The summed E-state index contributed by atoms with van der Waals surface area (Å²) in [5, 5.41) is 2.54. The SMILES string of the molecule is COc1ccnc(C(=O)N[C@H]2COC[C@H](Cc3ccc(C(F)(F)F)cc3)[C@@H](OC3CCCC3)[C@H](C)OC2=O)c1OC(C)=O. The first-order valence-electron chi connectivity index (χ1n) is 14.1. The molecule has 1 aliphatic carbocycles. The number of aromatic nitrogens is 1. The van der Waals surface area contributed by atoms with Crippen molar-refractivity contribution in [1.82, 2.24) is 10.3 Å². The number of esters is 2. The van der Waals surface area contributed by atoms with Gasteiger partial charge >= 0.3 is 18.1 Å². The molecule has 2 fully saturated rings. The number of nitrogens with one attached hydrogen (secondary N) is 1. The molecule has 1 aromatic heterocycles. The number of carbonyl (C=O) groups excluding carboxylic acids is 3. The van der Waals surface area contributed by atoms with Crippen LogP contribution in [0.4, 0.5) is 13.2 Å². The minimum absolute atomic E-state index is 0.0451. The van der Waals surface area contributed by atoms with Crippen LogP contribution >= 0.6 is 0 Å². The third-order valence-electron chi connectivity index (χ3n) is 7.42. The summed E-state index contributed by atoms with van der Waals surface area (Å²) in [5.41, 5.74) is -0.381. The second-order valence-electron chi connectivity index (χ2n) is 10.7. The van der Waals surface area contributed by atoms with Crippen LogP contribution in [0.1, 0.15) is 61.1 Å². The summed E-state index contributed by atoms with van der Waals surface area (Å²) < 4.78 is 67.8. The normalized spacial score (nSPS) is 23.4. The molecule has 4 atom stereocenters. The molecule has 2 heterocycles. The van der Waals surface area contributed by atoms with E-state index in [4.69, 9.17) is 23.7 Å². The van der Waals surface area contributed by atoms with Crippen LogP contribution in [0.3, 0.4) is 0 Å². The van der Waals surface area contributed by atoms with Crippen LogP contribution < -0.4 is 14.8 Å². The number of ether oxygens (including phenoxy) is 5. The fourth-order valence-corrected chi connectivity index (χ4v) is 5.31. The van der Waals surface area contributed by atoms with Crippen molar-refractivity contribution in [3.63, 3.8) is 0 Å². The van der Waals surface area contributed by atoms with Crippen molar-refractivity contribution in [1.29, 1.82) is 0 Å². The number of halogens is 3. The van der Waals surface area contributed by atoms with Gasteiger partial charge in [0, 0.05) is 25.1 Å². The molecule has 1 N–H and O–H groups in total. The Bertz CT molecular complexity index is 1280. The summed E-state index contributed by atoms with van der Waals surface area (Å²) in [6, 6.07) is 5.07. The number of benzene rings is 1. The average Bonchev–Trinajstić information content (AvgIpc) is 3.48. The Hall–Kier alpha value is -3.71. The Morgan fingerprint density at radius 2 is 1.79 bits per heavy atom. The lowest BCUT2D eigenvalue weighted by molar-refractivity contribution is -0.164. The van der Waals surface area contributed by atoms with Crippen LogP contribution in [0, 0.1) is 5.92 Å². The summed E-state index contributed by atoms with van der Waals surface area (Å²) >= 11 is 0. The largest absolute Gasteiger partial charge is 0.493 e. The Kier molecular flexibility index (Phi) is 10.6. The molecule has 0 unspecified atom stereocenters. The average molecular weight is 609 g/mol. The van der Waals surface area contributed by atoms with Crippen molar-refractivity contribution in [3.8, 4) is 11.5 Å². The van der Waals surface area contributed by atoms with Gasteiger partial charge in [-0.15, -0.1) is 0 Å². The molecule has 1 saturated carbocycles. The van der Waals surface area contributed by atoms with E-state index in [-0.39, 0.29) is 42.4 Å². The lowest BCUT2D eigenvalue weighted by atomic mass is 9.91. The maximum absolute atomic E-state index is 13.3. The van der Waals surface area contributed by atoms with Gasteiger partial charge in [0.25, 0.3) is 5.91 Å². The van der Waals surface area contributed by atoms with Crippen molar-refractivity contribution in [3.05, 3.63) is 53.3 Å². The van der Waals surface area contributed by atoms with E-state index >= 15 is 0 Å². The fraction of sp³-hybridized carbons (Fsp3) is 0.533. The van der Waals surface area contributed by atoms with E-state index in [1.165, 1.54) is 31.5 Å². The number of carbonyl (C=O) groups is 3. The standard InChI is InChI=1S/C30H35F3N2O8/c1-17-26(43-22-6-4-5-7-22)20(14-19-8-10-21(11-9-19)30(31,32)33)15-40-16-23(29(38)41-17)35-28(37)25-27(42-18(2)36)24(39-3)12-13-34-25/h8-13,17,20,22-23,26H,4-7,14-16H2,1-3H3,(H,35,37)/t17-,20-,23-,26-/m0/s1. The monoisotopic (exact) mass is 608 g/mol. The molecular formula is C30H35F3N2O8. The highest BCUT2D eigenvalue weighted by Crippen LogP contribution is 2.32. The molecule has 1 aliphatic heterocycles. The maximum Gasteiger partial charge on any atom is 0.416 e. The lowest BCUT2D eigenvalue weighted by Gasteiger charge is -2.33. The van der Waals surface area contributed by atoms with Crippen LogP contribution in [-0.2, 0) is 36.4 Å². The molecule has 2 aromatic rings. The number of alkyl halides is 3. The zero-order valence-corrected chi connectivity index (χ0v) is 24.1. The highest BCUT2D eigenvalue weighted by molar-refractivity contribution is 5.98. The lowest BCUT2D eigenvalue weighted by Crippen LogP contribution is -2.47. The van der Waals surface area contributed by atoms with E-state index < -0.39 is 47.8 Å². The number of nitrogens with zero attached hydrogens (tertiary/aromatic N) is 1. The Morgan fingerprint density at radius 3 is 2.42 bits per heavy atom. The first-order valence-corrected chi connectivity index (χ1v) is 14.1. The first-order chi connectivity index (χ1) is 20.5. The van der Waals surface area contributed by atoms with Gasteiger partial charge in [-0.05, 0) is 43.9 Å². The highest BCUT2D eigenvalue weighted by atomic mass is 19.4. The van der Waals surface area contributed by atoms with Gasteiger partial charge in [0.05, 0.1) is 38.1 Å². The van der Waals surface area contributed by atoms with E-state index in [0.717, 1.165) is 44.7 Å². The van der Waals surface area contributed by atoms with Gasteiger partial charge in [0.2, 0.25) is 5.75 Å². The Balaban J connectivity index is 1.54. The van der Waals surface area contributed by atoms with Gasteiger partial charge in [-0.3, -0.25) is 9.59 Å². The number of hydrogen-bond donors (Lipinski definition) is 1. The first kappa shape index (κ1) is 32.2. The number of cyclic esters (lactones) is 1. The molecule has 234 valence electrons. The summed E-state index contributed by atoms with van der Waals surface area (Å²) in [6.45, 7) is 2.67. The van der Waals surface area contributed by atoms with Gasteiger partial charge in [0.1, 0.15) is 6.10 Å². The van der Waals surface area contributed by atoms with Crippen molar-refractivity contribution >= 4 is 17.8 Å². The Morgan fingerprint density at radius 1 is 1.09 bits per heavy atom. The molecule has 1 aromatic carbocycles. The van der Waals surface area contributed by atoms with Crippen molar-refractivity contribution in [2.75, 3.05) is 20.3 Å². The van der Waals surface area contributed by atoms with Gasteiger partial charge in [-0.2, -0.15) is 13.2 Å². The number of pyridine rings is 1. The molecule has 43 heavy (non-hydrogen) atoms. The summed E-state index contributed by atoms with van der Waals surface area (Å²) in [6.07, 6.45) is -0.554. The molecular weight excluding hydrogens is 573 g/mol. The van der Waals surface area contributed by atoms with Crippen LogP contribution in [0.15, 0.2) is 36.5 Å². The molecule has 10 nitrogen and oxygen atoms in total. The fourth-order valence-electron chi connectivity index (χ4n) is 5.31. The van der Waals surface area contributed by atoms with Crippen LogP contribution in [-0.4, -0.2) is 67.5 Å². The molecule has 13 heteroatoms. The minimum atomic E-state index is -4.45. The maximum atomic E-state index is 13.3. The number of hydrogen-bond acceptors (Lipinski definition) is 9. The number of amides is 1. The molecule has 0 spiro atoms. The van der Waals surface area contributed by atoms with E-state index in [9.17, 15) is 27.6 Å². The van der Waals surface area contributed by atoms with Gasteiger partial charge in [-0.25, -0.2) is 9.78 Å². The van der Waals surface area contributed by atoms with Crippen molar-refractivity contribution in [2.24, 2.45) is 5.92 Å². The van der Waals surface area contributed by atoms with E-state index in [1.807, 2.05) is 0 Å². The summed E-state index contributed by atoms with van der Waals surface area (Å²) in [5.74, 6) is -2.78. The molecule has 0 radical (unpaired) electrons. The molecule has 2 aliphatic rings. The smallest absolute Gasteiger partial charge is 0.416 e. The Labute approximate surface area is 247 Å². The van der Waals surface area contributed by atoms with E-state index in [0.29, 0.717) is 12.0 Å². The molecule has 1 amide bonds. The van der Waals surface area contributed by atoms with E-state index in [1.54, 1.807) is 6.92 Å². The second-order valence-corrected chi connectivity index (χ2v) is 10.7. The van der Waals surface area contributed by atoms with Crippen LogP contribution in [0.25, 0.3) is 0 Å². The van der Waals surface area contributed by atoms with Crippen molar-refractivity contribution < 1.29 is 51.2 Å². The van der Waals surface area contributed by atoms with E-state index in [2.05, 4.69) is 10.3 Å². The zero-order chi connectivity index (χ0) is 31.1. The third-order valence-corrected chi connectivity index (χ3v) is 7.42. The van der Waals surface area contributed by atoms with Gasteiger partial charge < -0.3 is 29.0 Å². The topological polar surface area (TPSA) is 122 Å². The van der Waals surface area contributed by atoms with Crippen molar-refractivity contribution in [2.45, 2.75) is 76.5 Å². The molecule has 4 rings (SSSR count).